The molecular formula is C11H13FO3. The van der Waals surface area contributed by atoms with Gasteiger partial charge in [-0.25, -0.2) is 4.79 Å². The molecule has 0 aliphatic rings. The van der Waals surface area contributed by atoms with Crippen molar-refractivity contribution in [1.29, 1.82) is 0 Å². The van der Waals surface area contributed by atoms with Gasteiger partial charge in [-0.15, -0.1) is 0 Å². The first-order valence-electron chi connectivity index (χ1n) is 4.49. The van der Waals surface area contributed by atoms with Gasteiger partial charge in [0.25, 0.3) is 0 Å². The fraction of sp³-hybridized carbons (Fsp3) is 0.364. The number of methoxy groups -OCH3 is 1. The highest BCUT2D eigenvalue weighted by molar-refractivity contribution is 5.89. The molecule has 4 heteroatoms. The maximum absolute atomic E-state index is 13.1. The Hall–Kier alpha value is -1.58. The lowest BCUT2D eigenvalue weighted by Gasteiger charge is -2.16. The van der Waals surface area contributed by atoms with Crippen LogP contribution < -0.4 is 4.74 Å². The van der Waals surface area contributed by atoms with Crippen molar-refractivity contribution in [2.24, 2.45) is 0 Å². The van der Waals surface area contributed by atoms with Crippen LogP contribution in [0.2, 0.25) is 0 Å². The third kappa shape index (κ3) is 3.58. The van der Waals surface area contributed by atoms with Gasteiger partial charge in [0.2, 0.25) is 5.85 Å². The predicted octanol–water partition coefficient (Wildman–Crippen LogP) is 2.56. The van der Waals surface area contributed by atoms with Gasteiger partial charge < -0.3 is 9.47 Å². The number of hydrogen-bond acceptors (Lipinski definition) is 3. The summed E-state index contributed by atoms with van der Waals surface area (Å²) in [6.45, 7) is 2.61. The molecule has 1 rings (SSSR count). The smallest absolute Gasteiger partial charge is 0.337 e. The number of halogens is 1. The van der Waals surface area contributed by atoms with Crippen molar-refractivity contribution in [3.05, 3.63) is 29.8 Å². The van der Waals surface area contributed by atoms with Crippen LogP contribution in [0.1, 0.15) is 24.2 Å². The van der Waals surface area contributed by atoms with E-state index in [1.807, 2.05) is 0 Å². The van der Waals surface area contributed by atoms with E-state index in [0.29, 0.717) is 11.3 Å². The summed E-state index contributed by atoms with van der Waals surface area (Å²) >= 11 is 0. The highest BCUT2D eigenvalue weighted by Crippen LogP contribution is 2.19. The van der Waals surface area contributed by atoms with Gasteiger partial charge in [-0.1, -0.05) is 0 Å². The Bertz CT molecular complexity index is 338. The van der Waals surface area contributed by atoms with Gasteiger partial charge in [-0.3, -0.25) is 0 Å². The largest absolute Gasteiger partial charge is 0.465 e. The zero-order valence-electron chi connectivity index (χ0n) is 8.91. The van der Waals surface area contributed by atoms with Gasteiger partial charge in [0, 0.05) is 13.8 Å². The van der Waals surface area contributed by atoms with Crippen molar-refractivity contribution >= 4 is 5.97 Å². The first-order chi connectivity index (χ1) is 6.92. The maximum atomic E-state index is 13.1. The number of carbonyl (C=O) groups excluding carboxylic acids is 1. The number of hydrogen-bond donors (Lipinski definition) is 0. The molecule has 0 fully saturated rings. The molecule has 0 aromatic heterocycles. The van der Waals surface area contributed by atoms with Crippen LogP contribution in [0, 0.1) is 0 Å². The second-order valence-corrected chi connectivity index (χ2v) is 3.48. The fourth-order valence-corrected chi connectivity index (χ4v) is 1.06. The number of ether oxygens (including phenoxy) is 2. The maximum Gasteiger partial charge on any atom is 0.337 e. The van der Waals surface area contributed by atoms with E-state index in [9.17, 15) is 9.18 Å². The van der Waals surface area contributed by atoms with E-state index < -0.39 is 11.8 Å². The molecule has 0 bridgehead atoms. The SMILES string of the molecule is COC(=O)c1ccc(OC(C)(C)F)cc1. The molecule has 0 spiro atoms. The number of rotatable bonds is 3. The van der Waals surface area contributed by atoms with Gasteiger partial charge in [-0.2, -0.15) is 4.39 Å². The summed E-state index contributed by atoms with van der Waals surface area (Å²) in [6.07, 6.45) is 0. The second kappa shape index (κ2) is 4.29. The minimum atomic E-state index is -1.73. The molecule has 0 atom stereocenters. The summed E-state index contributed by atoms with van der Waals surface area (Å²) in [5.74, 6) is -1.79. The molecule has 0 aliphatic heterocycles. The first-order valence-corrected chi connectivity index (χ1v) is 4.49. The van der Waals surface area contributed by atoms with Gasteiger partial charge in [-0.05, 0) is 24.3 Å². The topological polar surface area (TPSA) is 35.5 Å². The van der Waals surface area contributed by atoms with Gasteiger partial charge in [0.05, 0.1) is 12.7 Å². The molecule has 0 unspecified atom stereocenters. The minimum Gasteiger partial charge on any atom is -0.465 e. The molecule has 0 N–H and O–H groups in total. The highest BCUT2D eigenvalue weighted by atomic mass is 19.2. The van der Waals surface area contributed by atoms with E-state index >= 15 is 0 Å². The molecule has 82 valence electrons. The number of carbonyl (C=O) groups is 1. The van der Waals surface area contributed by atoms with Crippen molar-refractivity contribution < 1.29 is 18.7 Å². The fourth-order valence-electron chi connectivity index (χ4n) is 1.06. The first kappa shape index (κ1) is 11.5. The van der Waals surface area contributed by atoms with Crippen molar-refractivity contribution in [3.63, 3.8) is 0 Å². The lowest BCUT2D eigenvalue weighted by molar-refractivity contribution is -0.0257. The third-order valence-electron chi connectivity index (χ3n) is 1.64. The Labute approximate surface area is 87.8 Å². The highest BCUT2D eigenvalue weighted by Gasteiger charge is 2.17. The summed E-state index contributed by atoms with van der Waals surface area (Å²) in [5, 5.41) is 0. The van der Waals surface area contributed by atoms with E-state index in [0.717, 1.165) is 0 Å². The van der Waals surface area contributed by atoms with Crippen LogP contribution in [0.25, 0.3) is 0 Å². The standard InChI is InChI=1S/C11H13FO3/c1-11(2,12)15-9-6-4-8(5-7-9)10(13)14-3/h4-7H,1-3H3. The van der Waals surface area contributed by atoms with Crippen LogP contribution in [0.4, 0.5) is 4.39 Å². The normalized spacial score (nSPS) is 10.9. The lowest BCUT2D eigenvalue weighted by Crippen LogP contribution is -2.21. The molecule has 15 heavy (non-hydrogen) atoms. The zero-order valence-corrected chi connectivity index (χ0v) is 8.91. The van der Waals surface area contributed by atoms with Crippen molar-refractivity contribution in [2.45, 2.75) is 19.7 Å². The van der Waals surface area contributed by atoms with Gasteiger partial charge >= 0.3 is 5.97 Å². The number of esters is 1. The van der Waals surface area contributed by atoms with E-state index in [-0.39, 0.29) is 0 Å². The summed E-state index contributed by atoms with van der Waals surface area (Å²) in [6, 6.07) is 6.08. The Balaban J connectivity index is 2.77. The Kier molecular flexibility index (Phi) is 3.29. The van der Waals surface area contributed by atoms with Crippen molar-refractivity contribution in [3.8, 4) is 5.75 Å². The van der Waals surface area contributed by atoms with Gasteiger partial charge in [0.15, 0.2) is 0 Å². The van der Waals surface area contributed by atoms with Crippen LogP contribution in [-0.4, -0.2) is 18.9 Å². The zero-order chi connectivity index (χ0) is 11.5. The van der Waals surface area contributed by atoms with E-state index in [2.05, 4.69) is 4.74 Å². The molecule has 1 aromatic rings. The molecule has 1 aromatic carbocycles. The predicted molar refractivity (Wildman–Crippen MR) is 53.6 cm³/mol. The Morgan fingerprint density at radius 3 is 2.20 bits per heavy atom. The molecule has 0 radical (unpaired) electrons. The number of alkyl halides is 1. The summed E-state index contributed by atoms with van der Waals surface area (Å²) in [4.78, 5) is 11.1. The molecule has 0 amide bonds. The summed E-state index contributed by atoms with van der Waals surface area (Å²) in [7, 11) is 1.30. The monoisotopic (exact) mass is 212 g/mol. The Morgan fingerprint density at radius 2 is 1.80 bits per heavy atom. The van der Waals surface area contributed by atoms with Crippen molar-refractivity contribution in [2.75, 3.05) is 7.11 Å². The molecular weight excluding hydrogens is 199 g/mol. The quantitative estimate of drug-likeness (QED) is 0.722. The average Bonchev–Trinajstić information content (AvgIpc) is 2.15. The average molecular weight is 212 g/mol. The van der Waals surface area contributed by atoms with E-state index in [1.165, 1.54) is 45.2 Å². The molecule has 0 saturated heterocycles. The summed E-state index contributed by atoms with van der Waals surface area (Å²) in [5.41, 5.74) is 0.404. The molecule has 0 heterocycles. The molecule has 3 nitrogen and oxygen atoms in total. The Morgan fingerprint density at radius 1 is 1.27 bits per heavy atom. The second-order valence-electron chi connectivity index (χ2n) is 3.48. The van der Waals surface area contributed by atoms with E-state index in [4.69, 9.17) is 4.74 Å². The van der Waals surface area contributed by atoms with Crippen LogP contribution in [-0.2, 0) is 4.74 Å². The minimum absolute atomic E-state index is 0.371. The third-order valence-corrected chi connectivity index (χ3v) is 1.64. The molecule has 0 aliphatic carbocycles. The van der Waals surface area contributed by atoms with E-state index in [1.54, 1.807) is 0 Å². The van der Waals surface area contributed by atoms with Crippen LogP contribution >= 0.6 is 0 Å². The van der Waals surface area contributed by atoms with Gasteiger partial charge in [0.1, 0.15) is 5.75 Å². The van der Waals surface area contributed by atoms with Crippen LogP contribution in [0.3, 0.4) is 0 Å². The molecule has 0 saturated carbocycles. The van der Waals surface area contributed by atoms with Crippen LogP contribution in [0.15, 0.2) is 24.3 Å². The van der Waals surface area contributed by atoms with Crippen molar-refractivity contribution in [1.82, 2.24) is 0 Å². The lowest BCUT2D eigenvalue weighted by atomic mass is 10.2. The van der Waals surface area contributed by atoms with Crippen LogP contribution in [0.5, 0.6) is 5.75 Å². The number of benzene rings is 1. The summed E-state index contributed by atoms with van der Waals surface area (Å²) < 4.78 is 22.6.